The Labute approximate surface area is 122 Å². The lowest BCUT2D eigenvalue weighted by molar-refractivity contribution is -0.139. The fourth-order valence-electron chi connectivity index (χ4n) is 2.11. The zero-order chi connectivity index (χ0) is 15.4. The van der Waals surface area contributed by atoms with Gasteiger partial charge in [-0.1, -0.05) is 19.1 Å². The van der Waals surface area contributed by atoms with Crippen LogP contribution in [0.1, 0.15) is 30.1 Å². The van der Waals surface area contributed by atoms with Crippen molar-refractivity contribution in [3.63, 3.8) is 0 Å². The second-order valence-corrected chi connectivity index (χ2v) is 5.08. The van der Waals surface area contributed by atoms with Crippen molar-refractivity contribution in [1.82, 2.24) is 5.32 Å². The van der Waals surface area contributed by atoms with Crippen molar-refractivity contribution in [2.24, 2.45) is 11.8 Å². The van der Waals surface area contributed by atoms with Gasteiger partial charge < -0.3 is 15.7 Å². The third-order valence-electron chi connectivity index (χ3n) is 3.41. The highest BCUT2D eigenvalue weighted by Crippen LogP contribution is 2.39. The first-order chi connectivity index (χ1) is 10.0. The van der Waals surface area contributed by atoms with Gasteiger partial charge in [0.1, 0.15) is 0 Å². The van der Waals surface area contributed by atoms with Crippen LogP contribution in [0.4, 0.5) is 5.69 Å². The van der Waals surface area contributed by atoms with E-state index >= 15 is 0 Å². The first-order valence-corrected chi connectivity index (χ1v) is 6.95. The van der Waals surface area contributed by atoms with Crippen LogP contribution < -0.4 is 10.6 Å². The number of aliphatic carboxylic acids is 1. The summed E-state index contributed by atoms with van der Waals surface area (Å²) >= 11 is 0. The summed E-state index contributed by atoms with van der Waals surface area (Å²) in [5.74, 6) is -2.67. The smallest absolute Gasteiger partial charge is 0.307 e. The molecule has 1 aliphatic carbocycles. The van der Waals surface area contributed by atoms with Crippen LogP contribution in [0, 0.1) is 11.8 Å². The van der Waals surface area contributed by atoms with Gasteiger partial charge in [-0.05, 0) is 25.0 Å². The van der Waals surface area contributed by atoms with E-state index in [0.29, 0.717) is 24.2 Å². The Morgan fingerprint density at radius 3 is 2.57 bits per heavy atom. The van der Waals surface area contributed by atoms with Crippen LogP contribution in [-0.2, 0) is 9.59 Å². The van der Waals surface area contributed by atoms with Gasteiger partial charge in [0.2, 0.25) is 5.91 Å². The van der Waals surface area contributed by atoms with Crippen LogP contribution in [0.25, 0.3) is 0 Å². The average Bonchev–Trinajstić information content (AvgIpc) is 3.26. The summed E-state index contributed by atoms with van der Waals surface area (Å²) in [6.07, 6.45) is 1.17. The molecule has 0 aromatic heterocycles. The largest absolute Gasteiger partial charge is 0.481 e. The molecule has 2 unspecified atom stereocenters. The Hall–Kier alpha value is -2.37. The van der Waals surface area contributed by atoms with E-state index in [0.717, 1.165) is 6.42 Å². The molecule has 0 aliphatic heterocycles. The van der Waals surface area contributed by atoms with Gasteiger partial charge in [0.05, 0.1) is 23.1 Å². The number of carbonyl (C=O) groups is 3. The van der Waals surface area contributed by atoms with Crippen LogP contribution in [0.5, 0.6) is 0 Å². The fraction of sp³-hybridized carbons (Fsp3) is 0.400. The number of carbonyl (C=O) groups excluding carboxylic acids is 2. The molecule has 0 radical (unpaired) electrons. The minimum absolute atomic E-state index is 0.252. The van der Waals surface area contributed by atoms with Gasteiger partial charge in [-0.25, -0.2) is 0 Å². The number of hydrogen-bond acceptors (Lipinski definition) is 3. The van der Waals surface area contributed by atoms with E-state index in [-0.39, 0.29) is 11.8 Å². The van der Waals surface area contributed by atoms with E-state index in [1.165, 1.54) is 0 Å². The molecule has 0 heterocycles. The molecule has 1 fully saturated rings. The molecule has 0 saturated heterocycles. The van der Waals surface area contributed by atoms with Gasteiger partial charge in [-0.15, -0.1) is 0 Å². The number of anilines is 1. The van der Waals surface area contributed by atoms with Crippen molar-refractivity contribution < 1.29 is 19.5 Å². The van der Waals surface area contributed by atoms with Gasteiger partial charge in [-0.2, -0.15) is 0 Å². The second kappa shape index (κ2) is 6.39. The number of benzene rings is 1. The molecule has 6 heteroatoms. The molecule has 21 heavy (non-hydrogen) atoms. The van der Waals surface area contributed by atoms with Crippen molar-refractivity contribution in [1.29, 1.82) is 0 Å². The fourth-order valence-corrected chi connectivity index (χ4v) is 2.11. The lowest BCUT2D eigenvalue weighted by Crippen LogP contribution is -2.26. The summed E-state index contributed by atoms with van der Waals surface area (Å²) in [6.45, 7) is 2.51. The van der Waals surface area contributed by atoms with E-state index in [1.54, 1.807) is 24.3 Å². The van der Waals surface area contributed by atoms with Crippen LogP contribution in [0.15, 0.2) is 24.3 Å². The predicted octanol–water partition coefficient (Wildman–Crippen LogP) is 1.49. The molecule has 1 saturated carbocycles. The van der Waals surface area contributed by atoms with Crippen molar-refractivity contribution in [3.8, 4) is 0 Å². The normalized spacial score (nSPS) is 19.7. The maximum atomic E-state index is 12.0. The summed E-state index contributed by atoms with van der Waals surface area (Å²) < 4.78 is 0. The van der Waals surface area contributed by atoms with Gasteiger partial charge in [0.25, 0.3) is 5.91 Å². The molecule has 112 valence electrons. The van der Waals surface area contributed by atoms with E-state index in [2.05, 4.69) is 10.6 Å². The highest BCUT2D eigenvalue weighted by atomic mass is 16.4. The Bertz CT molecular complexity index is 571. The van der Waals surface area contributed by atoms with E-state index < -0.39 is 17.8 Å². The van der Waals surface area contributed by atoms with E-state index in [9.17, 15) is 14.4 Å². The number of para-hydroxylation sites is 1. The third-order valence-corrected chi connectivity index (χ3v) is 3.41. The molecule has 2 amide bonds. The van der Waals surface area contributed by atoms with Crippen LogP contribution in [-0.4, -0.2) is 29.4 Å². The molecule has 2 rings (SSSR count). The number of rotatable bonds is 6. The van der Waals surface area contributed by atoms with Crippen molar-refractivity contribution in [3.05, 3.63) is 29.8 Å². The quantitative estimate of drug-likeness (QED) is 0.739. The summed E-state index contributed by atoms with van der Waals surface area (Å²) in [7, 11) is 0. The van der Waals surface area contributed by atoms with Crippen molar-refractivity contribution in [2.75, 3.05) is 11.9 Å². The SMILES string of the molecule is CCCNC(=O)c1ccccc1NC(=O)C1CC1C(=O)O. The van der Waals surface area contributed by atoms with E-state index in [1.807, 2.05) is 6.92 Å². The van der Waals surface area contributed by atoms with Gasteiger partial charge in [0.15, 0.2) is 0 Å². The predicted molar refractivity (Wildman–Crippen MR) is 76.9 cm³/mol. The number of carboxylic acids is 1. The Kier molecular flexibility index (Phi) is 4.57. The molecule has 3 N–H and O–H groups in total. The van der Waals surface area contributed by atoms with E-state index in [4.69, 9.17) is 5.11 Å². The molecule has 1 aromatic carbocycles. The minimum Gasteiger partial charge on any atom is -0.481 e. The number of hydrogen-bond donors (Lipinski definition) is 3. The lowest BCUT2D eigenvalue weighted by Gasteiger charge is -2.11. The molecule has 1 aliphatic rings. The van der Waals surface area contributed by atoms with Crippen LogP contribution >= 0.6 is 0 Å². The zero-order valence-corrected chi connectivity index (χ0v) is 11.8. The maximum absolute atomic E-state index is 12.0. The highest BCUT2D eigenvalue weighted by molar-refractivity contribution is 6.05. The standard InChI is InChI=1S/C15H18N2O4/c1-2-7-16-13(18)9-5-3-4-6-12(9)17-14(19)10-8-11(10)15(20)21/h3-6,10-11H,2,7-8H2,1H3,(H,16,18)(H,17,19)(H,20,21). The van der Waals surface area contributed by atoms with Crippen LogP contribution in [0.3, 0.4) is 0 Å². The molecule has 0 bridgehead atoms. The number of carboxylic acid groups (broad SMARTS) is 1. The highest BCUT2D eigenvalue weighted by Gasteiger charge is 2.48. The first kappa shape index (κ1) is 15.0. The topological polar surface area (TPSA) is 95.5 Å². The van der Waals surface area contributed by atoms with Crippen molar-refractivity contribution >= 4 is 23.5 Å². The average molecular weight is 290 g/mol. The summed E-state index contributed by atoms with van der Waals surface area (Å²) in [4.78, 5) is 34.8. The first-order valence-electron chi connectivity index (χ1n) is 6.95. The molecule has 1 aromatic rings. The Balaban J connectivity index is 2.05. The third kappa shape index (κ3) is 3.59. The maximum Gasteiger partial charge on any atom is 0.307 e. The van der Waals surface area contributed by atoms with Gasteiger partial charge in [-0.3, -0.25) is 14.4 Å². The summed E-state index contributed by atoms with van der Waals surface area (Å²) in [5.41, 5.74) is 0.791. The molecule has 0 spiro atoms. The van der Waals surface area contributed by atoms with Gasteiger partial charge in [0, 0.05) is 6.54 Å². The summed E-state index contributed by atoms with van der Waals surface area (Å²) in [5, 5.41) is 14.2. The molecular weight excluding hydrogens is 272 g/mol. The Morgan fingerprint density at radius 1 is 1.24 bits per heavy atom. The molecular formula is C15H18N2O4. The minimum atomic E-state index is -0.955. The van der Waals surface area contributed by atoms with Crippen LogP contribution in [0.2, 0.25) is 0 Å². The second-order valence-electron chi connectivity index (χ2n) is 5.08. The zero-order valence-electron chi connectivity index (χ0n) is 11.8. The lowest BCUT2D eigenvalue weighted by atomic mass is 10.1. The molecule has 6 nitrogen and oxygen atoms in total. The van der Waals surface area contributed by atoms with Crippen molar-refractivity contribution in [2.45, 2.75) is 19.8 Å². The number of amides is 2. The Morgan fingerprint density at radius 2 is 1.95 bits per heavy atom. The monoisotopic (exact) mass is 290 g/mol. The number of nitrogens with one attached hydrogen (secondary N) is 2. The summed E-state index contributed by atoms with van der Waals surface area (Å²) in [6, 6.07) is 6.70. The van der Waals surface area contributed by atoms with Gasteiger partial charge >= 0.3 is 5.97 Å². The molecule has 2 atom stereocenters.